The van der Waals surface area contributed by atoms with E-state index in [0.29, 0.717) is 0 Å². The van der Waals surface area contributed by atoms with Crippen molar-refractivity contribution in [3.05, 3.63) is 0 Å². The van der Waals surface area contributed by atoms with Gasteiger partial charge in [0.2, 0.25) is 0 Å². The fourth-order valence-electron chi connectivity index (χ4n) is 0. The van der Waals surface area contributed by atoms with Crippen LogP contribution in [0.4, 0.5) is 0 Å². The normalized spacial score (nSPS) is 5.77. The van der Waals surface area contributed by atoms with Crippen LogP contribution in [0.3, 0.4) is 0 Å². The second-order valence-electron chi connectivity index (χ2n) is 1.76. The predicted molar refractivity (Wildman–Crippen MR) is 48.7 cm³/mol. The van der Waals surface area contributed by atoms with Gasteiger partial charge in [-0.05, 0) is 0 Å². The van der Waals surface area contributed by atoms with E-state index in [9.17, 15) is 0 Å². The molecule has 0 saturated carbocycles. The Hall–Kier alpha value is -0.967. The maximum Gasteiger partial charge on any atom is 3.00 e. The fourth-order valence-corrected chi connectivity index (χ4v) is 0. The molecule has 0 aromatic carbocycles. The van der Waals surface area contributed by atoms with E-state index in [1.54, 1.807) is 0 Å². The minimum absolute atomic E-state index is 0. The molecule has 13 heavy (non-hydrogen) atoms. The van der Waals surface area contributed by atoms with Gasteiger partial charge in [0.25, 0.3) is 0 Å². The molecule has 1 radical (unpaired) electrons. The molecule has 0 atom stereocenters. The molecular weight excluding hydrogens is 269 g/mol. The van der Waals surface area contributed by atoms with Crippen LogP contribution < -0.4 is 0 Å². The molecule has 9 N–H and O–H groups in total. The molecule has 0 heterocycles. The molecule has 0 saturated heterocycles. The summed E-state index contributed by atoms with van der Waals surface area (Å²) in [5.41, 5.74) is 0. The third-order valence-electron chi connectivity index (χ3n) is 0. The topological polar surface area (TPSA) is 133 Å². The minimum atomic E-state index is -0.333. The summed E-state index contributed by atoms with van der Waals surface area (Å²) in [6.45, 7) is 3.92. The first-order valence-electron chi connectivity index (χ1n) is 2.92. The largest absolute Gasteiger partial charge is 3.00 e. The smallest absolute Gasteiger partial charge is 0.524 e. The van der Waals surface area contributed by atoms with Crippen molar-refractivity contribution in [2.75, 3.05) is 0 Å². The van der Waals surface area contributed by atoms with Crippen LogP contribution in [0.15, 0.2) is 0 Å². The summed E-state index contributed by atoms with van der Waals surface area (Å²) in [5.74, 6) is -1.000. The molecule has 0 aromatic rings. The number of rotatable bonds is 0. The van der Waals surface area contributed by atoms with E-state index in [-0.39, 0.29) is 37.4 Å². The van der Waals surface area contributed by atoms with E-state index in [4.69, 9.17) is 29.7 Å². The maximum absolute atomic E-state index is 7.64. The Bertz CT molecular complexity index is 115. The van der Waals surface area contributed by atoms with Crippen molar-refractivity contribution in [3.8, 4) is 0 Å². The average molecular weight is 287 g/mol. The van der Waals surface area contributed by atoms with Gasteiger partial charge >= 0.3 is 37.4 Å². The van der Waals surface area contributed by atoms with Gasteiger partial charge < -0.3 is 15.3 Å². The van der Waals surface area contributed by atoms with Gasteiger partial charge in [-0.15, -0.1) is 0 Å². The summed E-state index contributed by atoms with van der Waals surface area (Å²) in [4.78, 5) is 22.9. The van der Waals surface area contributed by atoms with E-state index < -0.39 is 0 Å². The summed E-state index contributed by atoms with van der Waals surface area (Å²) in [6, 6.07) is 0. The maximum atomic E-state index is 7.64. The van der Waals surface area contributed by atoms with Gasteiger partial charge in [0.15, 0.2) is 0 Å². The van der Waals surface area contributed by atoms with Gasteiger partial charge in [0.1, 0.15) is 20.8 Å². The van der Waals surface area contributed by atoms with Gasteiger partial charge in [0, 0.05) is 0 Å². The summed E-state index contributed by atoms with van der Waals surface area (Å²) in [5, 5.41) is 18.2. The van der Waals surface area contributed by atoms with Crippen LogP contribution in [0.1, 0.15) is 20.8 Å². The van der Waals surface area contributed by atoms with Crippen molar-refractivity contribution in [1.29, 1.82) is 0 Å². The Morgan fingerprint density at radius 3 is 0.692 bits per heavy atom. The number of hydrogen-bond acceptors (Lipinski definition) is 0. The van der Waals surface area contributed by atoms with Gasteiger partial charge in [0.05, 0.1) is 0 Å². The van der Waals surface area contributed by atoms with Crippen LogP contribution in [0.5, 0.6) is 0 Å². The van der Waals surface area contributed by atoms with Crippen LogP contribution in [0.25, 0.3) is 0 Å². The molecule has 0 amide bonds. The third-order valence-corrected chi connectivity index (χ3v) is 0. The average Bonchev–Trinajstić information content (AvgIpc) is 1.54. The van der Waals surface area contributed by atoms with E-state index in [1.807, 2.05) is 0 Å². The van der Waals surface area contributed by atoms with E-state index in [1.165, 1.54) is 20.8 Å². The molecule has 0 rings (SSSR count). The summed E-state index contributed by atoms with van der Waals surface area (Å²) < 4.78 is 0. The first-order valence-corrected chi connectivity index (χ1v) is 2.92. The Labute approximate surface area is 88.3 Å². The molecule has 0 aliphatic heterocycles. The molecule has 7 heteroatoms. The minimum Gasteiger partial charge on any atom is -0.524 e. The molecular formula is C6H18O6Ru+9. The molecule has 0 fully saturated rings. The van der Waals surface area contributed by atoms with Crippen molar-refractivity contribution < 1.29 is 49.2 Å². The first kappa shape index (κ1) is 22.7. The second kappa shape index (κ2) is 17.2. The summed E-state index contributed by atoms with van der Waals surface area (Å²) in [6.07, 6.45) is 0. The molecule has 6 nitrogen and oxygen atoms in total. The Kier molecular flexibility index (Phi) is 30.1. The van der Waals surface area contributed by atoms with Crippen LogP contribution in [0.2, 0.25) is 0 Å². The first-order chi connectivity index (χ1) is 5.20. The van der Waals surface area contributed by atoms with Crippen LogP contribution in [-0.2, 0) is 19.5 Å². The Balaban J connectivity index is -0.0000000450. The Morgan fingerprint density at radius 2 is 0.692 bits per heavy atom. The number of carbonyl (C=O) groups excluding carboxylic acids is 3. The molecule has 0 aliphatic carbocycles. The Morgan fingerprint density at radius 1 is 0.692 bits per heavy atom. The second-order valence-corrected chi connectivity index (χ2v) is 1.76. The van der Waals surface area contributed by atoms with Crippen LogP contribution in [-0.4, -0.2) is 47.6 Å². The quantitative estimate of drug-likeness (QED) is 0.350. The number of hydrogen-bond donors (Lipinski definition) is 0. The molecule has 0 spiro atoms. The summed E-state index contributed by atoms with van der Waals surface area (Å²) >= 11 is 0. The van der Waals surface area contributed by atoms with Crippen molar-refractivity contribution in [2.24, 2.45) is 0 Å². The van der Waals surface area contributed by atoms with Crippen LogP contribution >= 0.6 is 0 Å². The SMILES string of the molecule is CC(=[OH+])[OH2+].CC(=[OH+])[OH2+].CC(=[OH+])[OH2+].[Ru+3]. The standard InChI is InChI=1S/3C2H4O2.Ru/c3*1-2(3)4;/h3*1H3,(H,3,4);/q;;;+3/p+6. The van der Waals surface area contributed by atoms with Gasteiger partial charge in [-0.25, -0.2) is 14.4 Å². The van der Waals surface area contributed by atoms with Crippen LogP contribution in [0, 0.1) is 0 Å². The third kappa shape index (κ3) is 964. The molecule has 77 valence electrons. The van der Waals surface area contributed by atoms with Gasteiger partial charge in [-0.1, -0.05) is 0 Å². The molecule has 0 aromatic heterocycles. The van der Waals surface area contributed by atoms with E-state index in [0.717, 1.165) is 0 Å². The fraction of sp³-hybridized carbons (Fsp3) is 0.500. The summed E-state index contributed by atoms with van der Waals surface area (Å²) in [7, 11) is 0. The zero-order chi connectivity index (χ0) is 10.7. The van der Waals surface area contributed by atoms with Gasteiger partial charge in [-0.2, -0.15) is 0 Å². The van der Waals surface area contributed by atoms with Crippen molar-refractivity contribution in [3.63, 3.8) is 0 Å². The zero-order valence-electron chi connectivity index (χ0n) is 7.70. The predicted octanol–water partition coefficient (Wildman–Crippen LogP) is -2.30. The van der Waals surface area contributed by atoms with Crippen molar-refractivity contribution >= 4 is 17.9 Å². The van der Waals surface area contributed by atoms with E-state index >= 15 is 0 Å². The van der Waals surface area contributed by atoms with Crippen molar-refractivity contribution in [2.45, 2.75) is 20.8 Å². The zero-order valence-corrected chi connectivity index (χ0v) is 9.43. The van der Waals surface area contributed by atoms with Gasteiger partial charge in [-0.3, -0.25) is 0 Å². The molecule has 0 bridgehead atoms. The molecule has 0 unspecified atom stereocenters. The van der Waals surface area contributed by atoms with Crippen molar-refractivity contribution in [1.82, 2.24) is 0 Å². The van der Waals surface area contributed by atoms with E-state index in [2.05, 4.69) is 0 Å². The molecule has 0 aliphatic rings. The monoisotopic (exact) mass is 288 g/mol.